The molecule has 0 aliphatic heterocycles. The van der Waals surface area contributed by atoms with Gasteiger partial charge in [0.05, 0.1) is 11.6 Å². The van der Waals surface area contributed by atoms with Gasteiger partial charge in [-0.25, -0.2) is 0 Å². The lowest BCUT2D eigenvalue weighted by Crippen LogP contribution is -2.66. The molecule has 4 heteroatoms. The number of aldehydes is 1. The average molecular weight is 325 g/mol. The van der Waals surface area contributed by atoms with Crippen molar-refractivity contribution in [3.8, 4) is 0 Å². The van der Waals surface area contributed by atoms with Crippen molar-refractivity contribution in [1.29, 1.82) is 0 Å². The van der Waals surface area contributed by atoms with Crippen LogP contribution < -0.4 is 5.73 Å². The van der Waals surface area contributed by atoms with Crippen LogP contribution in [0.15, 0.2) is 0 Å². The van der Waals surface area contributed by atoms with E-state index in [1.165, 1.54) is 19.4 Å². The third kappa shape index (κ3) is 3.80. The molecule has 3 N–H and O–H groups in total. The highest BCUT2D eigenvalue weighted by Crippen LogP contribution is 2.71. The molecule has 4 aliphatic carbocycles. The molecule has 23 heavy (non-hydrogen) atoms. The monoisotopic (exact) mass is 324 g/mol. The van der Waals surface area contributed by atoms with Crippen LogP contribution in [-0.4, -0.2) is 48.6 Å². The van der Waals surface area contributed by atoms with E-state index in [0.717, 1.165) is 38.4 Å². The topological polar surface area (TPSA) is 66.6 Å². The van der Waals surface area contributed by atoms with Crippen LogP contribution in [0.5, 0.6) is 0 Å². The van der Waals surface area contributed by atoms with E-state index in [4.69, 9.17) is 5.73 Å². The van der Waals surface area contributed by atoms with Crippen LogP contribution in [0.2, 0.25) is 0 Å². The molecule has 0 aromatic carbocycles. The SMILES string of the molecule is CC12CC3(C)CC(O)(C1)CC(C(N)C=O)(C2)C3.CCCN(C)C. The first kappa shape index (κ1) is 18.9. The number of hydrogen-bond donors (Lipinski definition) is 2. The highest BCUT2D eigenvalue weighted by molar-refractivity contribution is 5.59. The van der Waals surface area contributed by atoms with Crippen molar-refractivity contribution >= 4 is 6.29 Å². The molecule has 0 amide bonds. The maximum absolute atomic E-state index is 11.1. The molecule has 4 rings (SSSR count). The summed E-state index contributed by atoms with van der Waals surface area (Å²) >= 11 is 0. The van der Waals surface area contributed by atoms with Crippen molar-refractivity contribution in [3.05, 3.63) is 0 Å². The minimum absolute atomic E-state index is 0.144. The minimum atomic E-state index is -0.571. The zero-order valence-electron chi connectivity index (χ0n) is 15.7. The Hall–Kier alpha value is -0.450. The highest BCUT2D eigenvalue weighted by atomic mass is 16.3. The van der Waals surface area contributed by atoms with Crippen LogP contribution in [0.4, 0.5) is 0 Å². The Morgan fingerprint density at radius 1 is 1.09 bits per heavy atom. The van der Waals surface area contributed by atoms with Crippen LogP contribution >= 0.6 is 0 Å². The third-order valence-electron chi connectivity index (χ3n) is 6.13. The predicted molar refractivity (Wildman–Crippen MR) is 94.2 cm³/mol. The zero-order valence-corrected chi connectivity index (χ0v) is 15.7. The number of carbonyl (C=O) groups is 1. The molecule has 4 saturated carbocycles. The number of hydrogen-bond acceptors (Lipinski definition) is 4. The van der Waals surface area contributed by atoms with Crippen molar-refractivity contribution in [2.24, 2.45) is 22.0 Å². The Morgan fingerprint density at radius 2 is 1.61 bits per heavy atom. The van der Waals surface area contributed by atoms with Crippen LogP contribution in [0.1, 0.15) is 65.7 Å². The van der Waals surface area contributed by atoms with Gasteiger partial charge in [-0.1, -0.05) is 20.8 Å². The molecule has 0 heterocycles. The van der Waals surface area contributed by atoms with Crippen molar-refractivity contribution in [2.75, 3.05) is 20.6 Å². The molecule has 0 aromatic rings. The van der Waals surface area contributed by atoms with Crippen LogP contribution in [0, 0.1) is 16.2 Å². The summed E-state index contributed by atoms with van der Waals surface area (Å²) in [6.07, 6.45) is 7.86. The van der Waals surface area contributed by atoms with E-state index in [9.17, 15) is 9.90 Å². The Labute approximate surface area is 141 Å². The first-order valence-electron chi connectivity index (χ1n) is 9.08. The fourth-order valence-electron chi connectivity index (χ4n) is 6.67. The number of carbonyl (C=O) groups excluding carboxylic acids is 1. The summed E-state index contributed by atoms with van der Waals surface area (Å²) in [6, 6.07) is -0.409. The second-order valence-electron chi connectivity index (χ2n) is 9.73. The van der Waals surface area contributed by atoms with Crippen molar-refractivity contribution in [1.82, 2.24) is 4.90 Å². The Balaban J connectivity index is 0.000000277. The molecular formula is C19H36N2O2. The predicted octanol–water partition coefficient (Wildman–Crippen LogP) is 2.58. The van der Waals surface area contributed by atoms with E-state index >= 15 is 0 Å². The molecule has 4 nitrogen and oxygen atoms in total. The normalized spacial score (nSPS) is 45.6. The van der Waals surface area contributed by atoms with Crippen molar-refractivity contribution < 1.29 is 9.90 Å². The van der Waals surface area contributed by atoms with Gasteiger partial charge < -0.3 is 20.5 Å². The zero-order chi connectivity index (χ0) is 17.5. The lowest BCUT2D eigenvalue weighted by Gasteiger charge is -2.68. The van der Waals surface area contributed by atoms with E-state index in [1.807, 2.05) is 0 Å². The second kappa shape index (κ2) is 6.12. The van der Waals surface area contributed by atoms with Gasteiger partial charge in [0.2, 0.25) is 0 Å². The highest BCUT2D eigenvalue weighted by Gasteiger charge is 2.66. The molecule has 0 aromatic heterocycles. The van der Waals surface area contributed by atoms with E-state index in [2.05, 4.69) is 39.8 Å². The molecule has 3 unspecified atom stereocenters. The lowest BCUT2D eigenvalue weighted by atomic mass is 9.38. The van der Waals surface area contributed by atoms with E-state index < -0.39 is 11.6 Å². The summed E-state index contributed by atoms with van der Waals surface area (Å²) in [5, 5.41) is 10.8. The van der Waals surface area contributed by atoms with Gasteiger partial charge in [-0.2, -0.15) is 0 Å². The average Bonchev–Trinajstić information content (AvgIpc) is 2.32. The molecule has 4 aliphatic rings. The third-order valence-corrected chi connectivity index (χ3v) is 6.13. The Kier molecular flexibility index (Phi) is 5.03. The van der Waals surface area contributed by atoms with Gasteiger partial charge in [0, 0.05) is 0 Å². The van der Waals surface area contributed by atoms with Crippen LogP contribution in [-0.2, 0) is 4.79 Å². The summed E-state index contributed by atoms with van der Waals surface area (Å²) in [5.41, 5.74) is 5.71. The standard InChI is InChI=1S/C14H23NO2.C5H13N/c1-11-4-12(2)6-13(5-11,10(15)3-16)9-14(17,7-11)8-12;1-4-5-6(2)3/h3,10,17H,4-9,15H2,1-2H3;4-5H2,1-3H3. The second-order valence-corrected chi connectivity index (χ2v) is 9.73. The molecule has 4 fully saturated rings. The summed E-state index contributed by atoms with van der Waals surface area (Å²) in [6.45, 7) is 7.92. The summed E-state index contributed by atoms with van der Waals surface area (Å²) in [5.74, 6) is 0. The Bertz CT molecular complexity index is 395. The summed E-state index contributed by atoms with van der Waals surface area (Å²) in [4.78, 5) is 13.3. The molecule has 0 saturated heterocycles. The number of nitrogens with two attached hydrogens (primary N) is 1. The van der Waals surface area contributed by atoms with Crippen molar-refractivity contribution in [2.45, 2.75) is 77.4 Å². The summed E-state index contributed by atoms with van der Waals surface area (Å²) in [7, 11) is 4.17. The van der Waals surface area contributed by atoms with Gasteiger partial charge in [0.1, 0.15) is 6.29 Å². The fraction of sp³-hybridized carbons (Fsp3) is 0.947. The van der Waals surface area contributed by atoms with E-state index in [1.54, 1.807) is 0 Å². The van der Waals surface area contributed by atoms with Gasteiger partial charge >= 0.3 is 0 Å². The van der Waals surface area contributed by atoms with E-state index in [0.29, 0.717) is 0 Å². The first-order valence-corrected chi connectivity index (χ1v) is 9.08. The van der Waals surface area contributed by atoms with Gasteiger partial charge in [0.25, 0.3) is 0 Å². The molecule has 0 radical (unpaired) electrons. The number of rotatable bonds is 4. The van der Waals surface area contributed by atoms with E-state index in [-0.39, 0.29) is 16.2 Å². The van der Waals surface area contributed by atoms with Crippen LogP contribution in [0.3, 0.4) is 0 Å². The lowest BCUT2D eigenvalue weighted by molar-refractivity contribution is -0.228. The summed E-state index contributed by atoms with van der Waals surface area (Å²) < 4.78 is 0. The first-order chi connectivity index (χ1) is 10.5. The van der Waals surface area contributed by atoms with Gasteiger partial charge in [-0.3, -0.25) is 0 Å². The minimum Gasteiger partial charge on any atom is -0.390 e. The largest absolute Gasteiger partial charge is 0.390 e. The maximum Gasteiger partial charge on any atom is 0.137 e. The molecular weight excluding hydrogens is 288 g/mol. The van der Waals surface area contributed by atoms with Crippen LogP contribution in [0.25, 0.3) is 0 Å². The molecule has 134 valence electrons. The van der Waals surface area contributed by atoms with Crippen molar-refractivity contribution in [3.63, 3.8) is 0 Å². The quantitative estimate of drug-likeness (QED) is 0.780. The maximum atomic E-state index is 11.1. The number of aliphatic hydroxyl groups is 1. The van der Waals surface area contributed by atoms with Gasteiger partial charge in [0.15, 0.2) is 0 Å². The molecule has 4 bridgehead atoms. The Morgan fingerprint density at radius 3 is 1.91 bits per heavy atom. The number of nitrogens with zero attached hydrogens (tertiary/aromatic N) is 1. The van der Waals surface area contributed by atoms with Gasteiger partial charge in [-0.15, -0.1) is 0 Å². The van der Waals surface area contributed by atoms with Gasteiger partial charge in [-0.05, 0) is 81.8 Å². The fourth-order valence-corrected chi connectivity index (χ4v) is 6.67. The smallest absolute Gasteiger partial charge is 0.137 e. The molecule has 3 atom stereocenters. The molecule has 0 spiro atoms.